The molecule has 0 aliphatic heterocycles. The van der Waals surface area contributed by atoms with E-state index in [4.69, 9.17) is 10.6 Å². The summed E-state index contributed by atoms with van der Waals surface area (Å²) in [7, 11) is 0. The van der Waals surface area contributed by atoms with Crippen LogP contribution in [0, 0.1) is 6.92 Å². The number of thiophene rings is 1. The summed E-state index contributed by atoms with van der Waals surface area (Å²) in [6.07, 6.45) is 1.80. The first-order chi connectivity index (χ1) is 9.67. The molecule has 1 atom stereocenters. The van der Waals surface area contributed by atoms with Crippen LogP contribution in [0.25, 0.3) is 0 Å². The van der Waals surface area contributed by atoms with Gasteiger partial charge in [0.2, 0.25) is 0 Å². The van der Waals surface area contributed by atoms with Crippen LogP contribution >= 0.6 is 27.3 Å². The van der Waals surface area contributed by atoms with E-state index in [-0.39, 0.29) is 6.04 Å². The van der Waals surface area contributed by atoms with Gasteiger partial charge in [0.25, 0.3) is 0 Å². The molecule has 1 heterocycles. The van der Waals surface area contributed by atoms with Crippen LogP contribution in [0.5, 0.6) is 5.75 Å². The highest BCUT2D eigenvalue weighted by Gasteiger charge is 2.09. The maximum atomic E-state index is 5.76. The number of ether oxygens (including phenoxy) is 1. The van der Waals surface area contributed by atoms with Gasteiger partial charge in [0.1, 0.15) is 5.75 Å². The Hall–Kier alpha value is -0.880. The normalized spacial score (nSPS) is 12.3. The molecule has 3 nitrogen and oxygen atoms in total. The van der Waals surface area contributed by atoms with Crippen molar-refractivity contribution in [2.75, 3.05) is 6.61 Å². The van der Waals surface area contributed by atoms with Gasteiger partial charge in [0.05, 0.1) is 6.61 Å². The van der Waals surface area contributed by atoms with Crippen molar-refractivity contribution >= 4 is 27.3 Å². The molecule has 2 rings (SSSR count). The highest BCUT2D eigenvalue weighted by molar-refractivity contribution is 9.10. The Bertz CT molecular complexity index is 544. The molecule has 0 fully saturated rings. The lowest BCUT2D eigenvalue weighted by Crippen LogP contribution is -2.37. The van der Waals surface area contributed by atoms with Gasteiger partial charge < -0.3 is 4.74 Å². The van der Waals surface area contributed by atoms with Crippen molar-refractivity contribution in [1.82, 2.24) is 5.43 Å². The largest absolute Gasteiger partial charge is 0.494 e. The second kappa shape index (κ2) is 7.78. The lowest BCUT2D eigenvalue weighted by atomic mass is 10.1. The first-order valence-corrected chi connectivity index (χ1v) is 8.23. The molecule has 0 saturated carbocycles. The van der Waals surface area contributed by atoms with Crippen molar-refractivity contribution in [1.29, 1.82) is 0 Å². The zero-order chi connectivity index (χ0) is 14.4. The van der Waals surface area contributed by atoms with Gasteiger partial charge in [-0.3, -0.25) is 11.3 Å². The molecule has 1 unspecified atom stereocenters. The number of hydrogen-bond donors (Lipinski definition) is 2. The fraction of sp³-hybridized carbons (Fsp3) is 0.333. The monoisotopic (exact) mass is 354 g/mol. The predicted octanol–water partition coefficient (Wildman–Crippen LogP) is 3.66. The van der Waals surface area contributed by atoms with Gasteiger partial charge >= 0.3 is 0 Å². The molecule has 108 valence electrons. The quantitative estimate of drug-likeness (QED) is 0.589. The minimum atomic E-state index is 0.227. The average Bonchev–Trinajstić information content (AvgIpc) is 2.83. The Balaban J connectivity index is 1.79. The molecular weight excluding hydrogens is 336 g/mol. The molecule has 0 aliphatic rings. The summed E-state index contributed by atoms with van der Waals surface area (Å²) in [5.74, 6) is 6.53. The molecule has 0 bridgehead atoms. The van der Waals surface area contributed by atoms with Gasteiger partial charge in [0, 0.05) is 20.8 Å². The summed E-state index contributed by atoms with van der Waals surface area (Å²) in [5.41, 5.74) is 4.08. The number of rotatable bonds is 7. The van der Waals surface area contributed by atoms with Crippen LogP contribution in [0.3, 0.4) is 0 Å². The Morgan fingerprint density at radius 1 is 1.40 bits per heavy atom. The first kappa shape index (κ1) is 15.5. The molecule has 1 aromatic heterocycles. The number of nitrogens with two attached hydrogens (primary N) is 1. The van der Waals surface area contributed by atoms with Gasteiger partial charge in [-0.05, 0) is 59.5 Å². The van der Waals surface area contributed by atoms with Crippen molar-refractivity contribution in [2.24, 2.45) is 5.84 Å². The standard InChI is InChI=1S/C15H19BrN2OS/c1-11-3-2-4-14(7-11)19-6-5-13(18-17)9-15-8-12(16)10-20-15/h2-4,7-8,10,13,18H,5-6,9,17H2,1H3. The van der Waals surface area contributed by atoms with Gasteiger partial charge in [-0.2, -0.15) is 0 Å². The molecule has 0 saturated heterocycles. The van der Waals surface area contributed by atoms with Crippen LogP contribution in [0.15, 0.2) is 40.2 Å². The highest BCUT2D eigenvalue weighted by Crippen LogP contribution is 2.21. The zero-order valence-electron chi connectivity index (χ0n) is 11.4. The summed E-state index contributed by atoms with van der Waals surface area (Å²) in [6, 6.07) is 10.5. The maximum absolute atomic E-state index is 5.76. The summed E-state index contributed by atoms with van der Waals surface area (Å²) >= 11 is 5.21. The molecule has 0 spiro atoms. The first-order valence-electron chi connectivity index (χ1n) is 6.56. The number of benzene rings is 1. The molecule has 0 radical (unpaired) electrons. The van der Waals surface area contributed by atoms with Gasteiger partial charge in [0.15, 0.2) is 0 Å². The van der Waals surface area contributed by atoms with E-state index in [2.05, 4.69) is 45.8 Å². The van der Waals surface area contributed by atoms with Crippen molar-refractivity contribution in [3.8, 4) is 5.75 Å². The fourth-order valence-corrected chi connectivity index (χ4v) is 3.50. The second-order valence-electron chi connectivity index (χ2n) is 4.75. The van der Waals surface area contributed by atoms with E-state index in [1.54, 1.807) is 11.3 Å². The van der Waals surface area contributed by atoms with Crippen molar-refractivity contribution in [2.45, 2.75) is 25.8 Å². The lowest BCUT2D eigenvalue weighted by Gasteiger charge is -2.15. The average molecular weight is 355 g/mol. The van der Waals surface area contributed by atoms with E-state index < -0.39 is 0 Å². The summed E-state index contributed by atoms with van der Waals surface area (Å²) in [6.45, 7) is 2.72. The number of halogens is 1. The summed E-state index contributed by atoms with van der Waals surface area (Å²) < 4.78 is 6.89. The Labute approximate surface area is 132 Å². The van der Waals surface area contributed by atoms with Crippen LogP contribution in [-0.2, 0) is 6.42 Å². The number of nitrogens with one attached hydrogen (secondary N) is 1. The third-order valence-electron chi connectivity index (χ3n) is 3.03. The van der Waals surface area contributed by atoms with E-state index in [1.807, 2.05) is 18.2 Å². The summed E-state index contributed by atoms with van der Waals surface area (Å²) in [5, 5.41) is 2.09. The molecule has 3 N–H and O–H groups in total. The van der Waals surface area contributed by atoms with E-state index in [9.17, 15) is 0 Å². The predicted molar refractivity (Wildman–Crippen MR) is 88.1 cm³/mol. The van der Waals surface area contributed by atoms with Crippen molar-refractivity contribution in [3.63, 3.8) is 0 Å². The minimum Gasteiger partial charge on any atom is -0.494 e. The molecule has 2 aromatic rings. The second-order valence-corrected chi connectivity index (χ2v) is 6.66. The molecule has 0 amide bonds. The van der Waals surface area contributed by atoms with E-state index >= 15 is 0 Å². The number of hydrogen-bond acceptors (Lipinski definition) is 4. The van der Waals surface area contributed by atoms with E-state index in [1.165, 1.54) is 10.4 Å². The fourth-order valence-electron chi connectivity index (χ4n) is 1.97. The van der Waals surface area contributed by atoms with Gasteiger partial charge in [-0.1, -0.05) is 12.1 Å². The van der Waals surface area contributed by atoms with E-state index in [0.717, 1.165) is 23.1 Å². The molecule has 20 heavy (non-hydrogen) atoms. The Kier molecular flexibility index (Phi) is 6.04. The Morgan fingerprint density at radius 2 is 2.25 bits per heavy atom. The summed E-state index contributed by atoms with van der Waals surface area (Å²) in [4.78, 5) is 1.32. The van der Waals surface area contributed by atoms with Crippen LogP contribution in [0.1, 0.15) is 16.9 Å². The molecule has 5 heteroatoms. The van der Waals surface area contributed by atoms with Crippen LogP contribution in [-0.4, -0.2) is 12.6 Å². The molecular formula is C15H19BrN2OS. The number of aryl methyl sites for hydroxylation is 1. The highest BCUT2D eigenvalue weighted by atomic mass is 79.9. The third-order valence-corrected chi connectivity index (χ3v) is 4.75. The van der Waals surface area contributed by atoms with Gasteiger partial charge in [-0.15, -0.1) is 11.3 Å². The lowest BCUT2D eigenvalue weighted by molar-refractivity contribution is 0.285. The molecule has 1 aromatic carbocycles. The zero-order valence-corrected chi connectivity index (χ0v) is 13.8. The maximum Gasteiger partial charge on any atom is 0.119 e. The van der Waals surface area contributed by atoms with E-state index in [0.29, 0.717) is 6.61 Å². The number of hydrazine groups is 1. The minimum absolute atomic E-state index is 0.227. The van der Waals surface area contributed by atoms with Crippen LogP contribution in [0.2, 0.25) is 0 Å². The van der Waals surface area contributed by atoms with Crippen LogP contribution < -0.4 is 16.0 Å². The third kappa shape index (κ3) is 4.90. The van der Waals surface area contributed by atoms with Crippen LogP contribution in [0.4, 0.5) is 0 Å². The van der Waals surface area contributed by atoms with Crippen molar-refractivity contribution < 1.29 is 4.74 Å². The molecule has 0 aliphatic carbocycles. The SMILES string of the molecule is Cc1cccc(OCCC(Cc2cc(Br)cs2)NN)c1. The van der Waals surface area contributed by atoms with Gasteiger partial charge in [-0.25, -0.2) is 0 Å². The van der Waals surface area contributed by atoms with Crippen molar-refractivity contribution in [3.05, 3.63) is 50.6 Å². The topological polar surface area (TPSA) is 47.3 Å². The Morgan fingerprint density at radius 3 is 2.90 bits per heavy atom. The smallest absolute Gasteiger partial charge is 0.119 e.